The van der Waals surface area contributed by atoms with E-state index >= 15 is 0 Å². The molecule has 6 heteroatoms. The Bertz CT molecular complexity index is 1460. The maximum Gasteiger partial charge on any atom is 0.260 e. The lowest BCUT2D eigenvalue weighted by molar-refractivity contribution is 0.0985. The van der Waals surface area contributed by atoms with E-state index in [2.05, 4.69) is 84.9 Å². The summed E-state index contributed by atoms with van der Waals surface area (Å²) in [5, 5.41) is 0. The minimum absolute atomic E-state index is 0.0313. The summed E-state index contributed by atoms with van der Waals surface area (Å²) in [6, 6.07) is 24.7. The number of carbonyl (C=O) groups excluding carboxylic acids is 1. The van der Waals surface area contributed by atoms with E-state index < -0.39 is 5.54 Å². The van der Waals surface area contributed by atoms with Crippen LogP contribution in [0.3, 0.4) is 0 Å². The number of hydrogen-bond acceptors (Lipinski definition) is 5. The van der Waals surface area contributed by atoms with Crippen molar-refractivity contribution in [3.8, 4) is 11.5 Å². The molecule has 0 aliphatic carbocycles. The van der Waals surface area contributed by atoms with E-state index in [-0.39, 0.29) is 5.91 Å². The van der Waals surface area contributed by atoms with Crippen LogP contribution in [0.5, 0.6) is 11.5 Å². The maximum atomic E-state index is 14.3. The summed E-state index contributed by atoms with van der Waals surface area (Å²) < 4.78 is 6.75. The minimum Gasteiger partial charge on any atom is -0.456 e. The molecule has 0 N–H and O–H groups in total. The van der Waals surface area contributed by atoms with Crippen LogP contribution >= 0.6 is 0 Å². The topological polar surface area (TPSA) is 48.9 Å². The number of benzene rings is 3. The summed E-state index contributed by atoms with van der Waals surface area (Å²) in [6.07, 6.45) is 3.49. The van der Waals surface area contributed by atoms with Crippen molar-refractivity contribution in [2.45, 2.75) is 33.2 Å². The van der Waals surface area contributed by atoms with Crippen molar-refractivity contribution in [1.29, 1.82) is 0 Å². The Morgan fingerprint density at radius 2 is 1.26 bits per heavy atom. The smallest absolute Gasteiger partial charge is 0.260 e. The zero-order chi connectivity index (χ0) is 27.1. The molecule has 1 amide bonds. The second-order valence-corrected chi connectivity index (χ2v) is 9.91. The third-order valence-corrected chi connectivity index (χ3v) is 8.19. The average molecular weight is 519 g/mol. The van der Waals surface area contributed by atoms with Crippen molar-refractivity contribution < 1.29 is 9.53 Å². The summed E-state index contributed by atoms with van der Waals surface area (Å²) in [5.74, 6) is 1.51. The van der Waals surface area contributed by atoms with Gasteiger partial charge in [0.1, 0.15) is 17.0 Å². The van der Waals surface area contributed by atoms with Gasteiger partial charge in [0.2, 0.25) is 0 Å². The highest BCUT2D eigenvalue weighted by atomic mass is 16.5. The Kier molecular flexibility index (Phi) is 6.26. The lowest BCUT2D eigenvalue weighted by Gasteiger charge is -2.44. The molecular weight excluding hydrogens is 484 g/mol. The van der Waals surface area contributed by atoms with Crippen LogP contribution in [0.25, 0.3) is 0 Å². The first-order chi connectivity index (χ1) is 19.1. The van der Waals surface area contributed by atoms with Gasteiger partial charge in [0.15, 0.2) is 0 Å². The van der Waals surface area contributed by atoms with Gasteiger partial charge in [-0.25, -0.2) is 0 Å². The molecule has 1 aromatic heterocycles. The summed E-state index contributed by atoms with van der Waals surface area (Å²) in [4.78, 5) is 25.1. The molecule has 0 bridgehead atoms. The van der Waals surface area contributed by atoms with Gasteiger partial charge in [0, 0.05) is 90.0 Å². The Balaban J connectivity index is 1.70. The molecule has 0 saturated heterocycles. The average Bonchev–Trinajstić information content (AvgIpc) is 3.23. The van der Waals surface area contributed by atoms with E-state index in [4.69, 9.17) is 4.74 Å². The molecule has 2 aliphatic rings. The summed E-state index contributed by atoms with van der Waals surface area (Å²) in [7, 11) is 0. The van der Waals surface area contributed by atoms with E-state index in [1.165, 1.54) is 0 Å². The lowest BCUT2D eigenvalue weighted by atomic mass is 9.74. The lowest BCUT2D eigenvalue weighted by Crippen LogP contribution is -2.47. The molecular formula is C33H34N4O2. The maximum absolute atomic E-state index is 14.3. The predicted octanol–water partition coefficient (Wildman–Crippen LogP) is 6.83. The number of hydrogen-bond donors (Lipinski definition) is 0. The molecule has 0 saturated carbocycles. The Labute approximate surface area is 230 Å². The molecule has 0 radical (unpaired) electrons. The van der Waals surface area contributed by atoms with Crippen LogP contribution in [-0.2, 0) is 5.54 Å². The highest BCUT2D eigenvalue weighted by Crippen LogP contribution is 2.59. The number of aromatic nitrogens is 1. The number of rotatable bonds is 7. The Hall–Kier alpha value is -4.32. The molecule has 0 unspecified atom stereocenters. The van der Waals surface area contributed by atoms with E-state index in [1.54, 1.807) is 12.4 Å². The van der Waals surface area contributed by atoms with Gasteiger partial charge in [-0.05, 0) is 58.0 Å². The molecule has 3 aromatic carbocycles. The molecule has 2 aliphatic heterocycles. The molecule has 0 atom stereocenters. The third-order valence-electron chi connectivity index (χ3n) is 8.19. The molecule has 6 rings (SSSR count). The van der Waals surface area contributed by atoms with Gasteiger partial charge >= 0.3 is 0 Å². The van der Waals surface area contributed by atoms with Crippen LogP contribution in [0.1, 0.15) is 54.7 Å². The van der Waals surface area contributed by atoms with Gasteiger partial charge < -0.3 is 14.5 Å². The first-order valence-electron chi connectivity index (χ1n) is 13.9. The monoisotopic (exact) mass is 518 g/mol. The van der Waals surface area contributed by atoms with Gasteiger partial charge in [-0.2, -0.15) is 0 Å². The van der Waals surface area contributed by atoms with Crippen molar-refractivity contribution >= 4 is 23.0 Å². The van der Waals surface area contributed by atoms with Crippen LogP contribution in [-0.4, -0.2) is 37.1 Å². The number of fused-ring (bicyclic) bond motifs is 6. The Morgan fingerprint density at radius 3 is 1.79 bits per heavy atom. The first-order valence-corrected chi connectivity index (χ1v) is 13.9. The zero-order valence-electron chi connectivity index (χ0n) is 23.0. The fraction of sp³-hybridized carbons (Fsp3) is 0.273. The highest BCUT2D eigenvalue weighted by Gasteiger charge is 2.57. The van der Waals surface area contributed by atoms with Crippen molar-refractivity contribution in [3.63, 3.8) is 0 Å². The van der Waals surface area contributed by atoms with Crippen LogP contribution in [0, 0.1) is 0 Å². The standard InChI is InChI=1S/C33H34N4O2/c1-5-35(6-2)24-13-15-28-30(21-24)39-31-22-25(36(7-3)8-4)14-16-29(31)33(28)27-12-10-9-11-26(27)32(38)37(33)23-17-19-34-20-18-23/h9-22H,5-8H2,1-4H3. The number of nitrogens with zero attached hydrogens (tertiary/aromatic N) is 4. The normalized spacial score (nSPS) is 14.5. The van der Waals surface area contributed by atoms with E-state index in [1.807, 2.05) is 35.2 Å². The predicted molar refractivity (Wildman–Crippen MR) is 157 cm³/mol. The van der Waals surface area contributed by atoms with Crippen molar-refractivity contribution in [2.24, 2.45) is 0 Å². The van der Waals surface area contributed by atoms with Crippen LogP contribution < -0.4 is 19.4 Å². The summed E-state index contributed by atoms with van der Waals surface area (Å²) >= 11 is 0. The zero-order valence-corrected chi connectivity index (χ0v) is 23.0. The third kappa shape index (κ3) is 3.62. The summed E-state index contributed by atoms with van der Waals surface area (Å²) in [5.41, 5.74) is 5.69. The Morgan fingerprint density at radius 1 is 0.718 bits per heavy atom. The van der Waals surface area contributed by atoms with Gasteiger partial charge in [-0.3, -0.25) is 14.7 Å². The number of anilines is 3. The summed E-state index contributed by atoms with van der Waals surface area (Å²) in [6.45, 7) is 12.2. The molecule has 1 spiro atoms. The number of ether oxygens (including phenoxy) is 1. The van der Waals surface area contributed by atoms with E-state index in [9.17, 15) is 4.79 Å². The second-order valence-electron chi connectivity index (χ2n) is 9.91. The van der Waals surface area contributed by atoms with Gasteiger partial charge in [-0.15, -0.1) is 0 Å². The molecule has 3 heterocycles. The molecule has 198 valence electrons. The largest absolute Gasteiger partial charge is 0.456 e. The number of pyridine rings is 1. The fourth-order valence-electron chi connectivity index (χ4n) is 6.34. The molecule has 39 heavy (non-hydrogen) atoms. The van der Waals surface area contributed by atoms with Crippen LogP contribution in [0.4, 0.5) is 17.1 Å². The fourth-order valence-corrected chi connectivity index (χ4v) is 6.34. The van der Waals surface area contributed by atoms with Gasteiger partial charge in [-0.1, -0.05) is 30.3 Å². The quantitative estimate of drug-likeness (QED) is 0.268. The van der Waals surface area contributed by atoms with Crippen LogP contribution in [0.2, 0.25) is 0 Å². The SMILES string of the molecule is CCN(CC)c1ccc2c(c1)Oc1cc(N(CC)CC)ccc1C21c2ccccc2C(=O)N1c1ccncc1. The van der Waals surface area contributed by atoms with Crippen molar-refractivity contribution in [3.05, 3.63) is 107 Å². The van der Waals surface area contributed by atoms with Crippen molar-refractivity contribution in [2.75, 3.05) is 40.9 Å². The number of carbonyl (C=O) groups is 1. The first kappa shape index (κ1) is 25.0. The molecule has 4 aromatic rings. The van der Waals surface area contributed by atoms with Gasteiger partial charge in [0.25, 0.3) is 5.91 Å². The van der Waals surface area contributed by atoms with Gasteiger partial charge in [0.05, 0.1) is 0 Å². The second kappa shape index (κ2) is 9.77. The number of amides is 1. The minimum atomic E-state index is -0.887. The van der Waals surface area contributed by atoms with Crippen LogP contribution in [0.15, 0.2) is 85.2 Å². The highest BCUT2D eigenvalue weighted by molar-refractivity contribution is 6.14. The molecule has 0 fully saturated rings. The molecule has 6 nitrogen and oxygen atoms in total. The van der Waals surface area contributed by atoms with E-state index in [0.717, 1.165) is 71.4 Å². The van der Waals surface area contributed by atoms with E-state index in [0.29, 0.717) is 5.56 Å². The van der Waals surface area contributed by atoms with Crippen molar-refractivity contribution in [1.82, 2.24) is 4.98 Å².